The van der Waals surface area contributed by atoms with Gasteiger partial charge in [0, 0.05) is 23.5 Å². The zero-order chi connectivity index (χ0) is 15.2. The van der Waals surface area contributed by atoms with Crippen LogP contribution in [-0.4, -0.2) is 27.3 Å². The average molecular weight is 288 g/mol. The maximum atomic E-state index is 11.7. The molecule has 0 fully saturated rings. The van der Waals surface area contributed by atoms with E-state index in [1.165, 1.54) is 0 Å². The summed E-state index contributed by atoms with van der Waals surface area (Å²) >= 11 is 0. The number of amides is 2. The Morgan fingerprint density at radius 1 is 1.29 bits per heavy atom. The third-order valence-electron chi connectivity index (χ3n) is 2.94. The van der Waals surface area contributed by atoms with Gasteiger partial charge in [-0.05, 0) is 24.6 Å². The Morgan fingerprint density at radius 2 is 2.00 bits per heavy atom. The van der Waals surface area contributed by atoms with Crippen molar-refractivity contribution in [3.05, 3.63) is 47.3 Å². The predicted octanol–water partition coefficient (Wildman–Crippen LogP) is 1.67. The van der Waals surface area contributed by atoms with E-state index in [4.69, 9.17) is 5.11 Å². The molecule has 2 rings (SSSR count). The van der Waals surface area contributed by atoms with Crippen LogP contribution in [0.3, 0.4) is 0 Å². The van der Waals surface area contributed by atoms with Gasteiger partial charge in [0.1, 0.15) is 0 Å². The highest BCUT2D eigenvalue weighted by atomic mass is 16.4. The Balaban J connectivity index is 1.85. The van der Waals surface area contributed by atoms with E-state index in [1.54, 1.807) is 30.5 Å². The lowest BCUT2D eigenvalue weighted by atomic mass is 10.1. The Hall–Kier alpha value is -2.83. The van der Waals surface area contributed by atoms with E-state index in [0.29, 0.717) is 17.8 Å². The molecule has 4 N–H and O–H groups in total. The molecule has 0 radical (unpaired) electrons. The zero-order valence-corrected chi connectivity index (χ0v) is 11.5. The Bertz CT molecular complexity index is 634. The molecule has 7 heteroatoms. The quantitative estimate of drug-likeness (QED) is 0.671. The summed E-state index contributed by atoms with van der Waals surface area (Å²) in [6, 6.07) is 6.34. The molecule has 0 saturated carbocycles. The van der Waals surface area contributed by atoms with Crippen LogP contribution in [-0.2, 0) is 17.8 Å². The molecular formula is C14H16N4O3. The lowest BCUT2D eigenvalue weighted by Gasteiger charge is -2.07. The minimum atomic E-state index is -0.885. The second-order valence-corrected chi connectivity index (χ2v) is 4.60. The molecule has 2 aromatic rings. The fourth-order valence-corrected chi connectivity index (χ4v) is 1.79. The van der Waals surface area contributed by atoms with Crippen molar-refractivity contribution in [2.75, 3.05) is 5.32 Å². The smallest absolute Gasteiger partial charge is 0.319 e. The van der Waals surface area contributed by atoms with Crippen LogP contribution in [0.4, 0.5) is 10.5 Å². The number of rotatable bonds is 5. The van der Waals surface area contributed by atoms with Gasteiger partial charge in [0.05, 0.1) is 12.6 Å². The average Bonchev–Trinajstić information content (AvgIpc) is 2.84. The summed E-state index contributed by atoms with van der Waals surface area (Å²) in [7, 11) is 0. The number of hydrogen-bond acceptors (Lipinski definition) is 3. The number of aryl methyl sites for hydroxylation is 1. The number of benzene rings is 1. The first-order valence-electron chi connectivity index (χ1n) is 6.39. The van der Waals surface area contributed by atoms with Crippen molar-refractivity contribution in [2.24, 2.45) is 0 Å². The van der Waals surface area contributed by atoms with Crippen LogP contribution in [0.5, 0.6) is 0 Å². The number of aromatic amines is 1. The van der Waals surface area contributed by atoms with Gasteiger partial charge < -0.3 is 15.7 Å². The summed E-state index contributed by atoms with van der Waals surface area (Å²) in [4.78, 5) is 22.3. The second-order valence-electron chi connectivity index (χ2n) is 4.60. The van der Waals surface area contributed by atoms with Crippen molar-refractivity contribution in [3.63, 3.8) is 0 Å². The molecule has 1 aromatic carbocycles. The zero-order valence-electron chi connectivity index (χ0n) is 11.5. The van der Waals surface area contributed by atoms with Gasteiger partial charge >= 0.3 is 12.0 Å². The topological polar surface area (TPSA) is 107 Å². The van der Waals surface area contributed by atoms with Crippen molar-refractivity contribution >= 4 is 17.7 Å². The fourth-order valence-electron chi connectivity index (χ4n) is 1.79. The van der Waals surface area contributed by atoms with Crippen LogP contribution in [0, 0.1) is 6.92 Å². The third-order valence-corrected chi connectivity index (χ3v) is 2.94. The first kappa shape index (κ1) is 14.6. The second kappa shape index (κ2) is 6.56. The van der Waals surface area contributed by atoms with E-state index in [0.717, 1.165) is 11.3 Å². The van der Waals surface area contributed by atoms with Crippen molar-refractivity contribution in [1.29, 1.82) is 0 Å². The van der Waals surface area contributed by atoms with E-state index in [2.05, 4.69) is 20.8 Å². The van der Waals surface area contributed by atoms with Crippen LogP contribution in [0.2, 0.25) is 0 Å². The van der Waals surface area contributed by atoms with Gasteiger partial charge in [-0.2, -0.15) is 5.10 Å². The monoisotopic (exact) mass is 288 g/mol. The Morgan fingerprint density at radius 3 is 2.57 bits per heavy atom. The highest BCUT2D eigenvalue weighted by Crippen LogP contribution is 2.10. The molecule has 0 bridgehead atoms. The van der Waals surface area contributed by atoms with Crippen molar-refractivity contribution in [3.8, 4) is 0 Å². The van der Waals surface area contributed by atoms with Gasteiger partial charge in [0.2, 0.25) is 0 Å². The van der Waals surface area contributed by atoms with E-state index in [-0.39, 0.29) is 12.5 Å². The van der Waals surface area contributed by atoms with Crippen molar-refractivity contribution in [1.82, 2.24) is 15.5 Å². The molecule has 0 aliphatic heterocycles. The standard InChI is InChI=1S/C14H16N4O3/c1-9-11(8-16-18-9)7-15-14(21)17-12-4-2-10(3-5-12)6-13(19)20/h2-5,8H,6-7H2,1H3,(H,16,18)(H,19,20)(H2,15,17,21). The number of urea groups is 1. The SMILES string of the molecule is Cc1[nH]ncc1CNC(=O)Nc1ccc(CC(=O)O)cc1. The predicted molar refractivity (Wildman–Crippen MR) is 77.0 cm³/mol. The molecule has 0 spiro atoms. The molecule has 110 valence electrons. The van der Waals surface area contributed by atoms with Gasteiger partial charge in [-0.3, -0.25) is 9.89 Å². The van der Waals surface area contributed by atoms with Crippen LogP contribution >= 0.6 is 0 Å². The maximum Gasteiger partial charge on any atom is 0.319 e. The number of nitrogens with zero attached hydrogens (tertiary/aromatic N) is 1. The molecule has 7 nitrogen and oxygen atoms in total. The van der Waals surface area contributed by atoms with Crippen LogP contribution in [0.25, 0.3) is 0 Å². The number of carbonyl (C=O) groups excluding carboxylic acids is 1. The van der Waals surface area contributed by atoms with Crippen molar-refractivity contribution < 1.29 is 14.7 Å². The lowest BCUT2D eigenvalue weighted by molar-refractivity contribution is -0.136. The number of carbonyl (C=O) groups is 2. The molecule has 0 aliphatic rings. The minimum Gasteiger partial charge on any atom is -0.481 e. The molecular weight excluding hydrogens is 272 g/mol. The normalized spacial score (nSPS) is 10.1. The molecule has 2 amide bonds. The summed E-state index contributed by atoms with van der Waals surface area (Å²) in [5.74, 6) is -0.885. The lowest BCUT2D eigenvalue weighted by Crippen LogP contribution is -2.28. The molecule has 0 aliphatic carbocycles. The van der Waals surface area contributed by atoms with Crippen LogP contribution < -0.4 is 10.6 Å². The van der Waals surface area contributed by atoms with Gasteiger partial charge in [-0.15, -0.1) is 0 Å². The first-order valence-corrected chi connectivity index (χ1v) is 6.39. The summed E-state index contributed by atoms with van der Waals surface area (Å²) in [5, 5.41) is 20.7. The number of carboxylic acid groups (broad SMARTS) is 1. The minimum absolute atomic E-state index is 0.0355. The largest absolute Gasteiger partial charge is 0.481 e. The van der Waals surface area contributed by atoms with Gasteiger partial charge in [0.25, 0.3) is 0 Å². The molecule has 1 aromatic heterocycles. The molecule has 21 heavy (non-hydrogen) atoms. The summed E-state index contributed by atoms with van der Waals surface area (Å²) in [6.07, 6.45) is 1.63. The number of anilines is 1. The van der Waals surface area contributed by atoms with E-state index in [9.17, 15) is 9.59 Å². The first-order chi connectivity index (χ1) is 10.0. The maximum absolute atomic E-state index is 11.7. The van der Waals surface area contributed by atoms with Crippen LogP contribution in [0.15, 0.2) is 30.5 Å². The van der Waals surface area contributed by atoms with E-state index < -0.39 is 5.97 Å². The van der Waals surface area contributed by atoms with Gasteiger partial charge in [-0.25, -0.2) is 4.79 Å². The number of aliphatic carboxylic acids is 1. The van der Waals surface area contributed by atoms with Gasteiger partial charge in [-0.1, -0.05) is 12.1 Å². The summed E-state index contributed by atoms with van der Waals surface area (Å²) < 4.78 is 0. The number of H-pyrrole nitrogens is 1. The summed E-state index contributed by atoms with van der Waals surface area (Å²) in [6.45, 7) is 2.26. The van der Waals surface area contributed by atoms with E-state index >= 15 is 0 Å². The number of nitrogens with one attached hydrogen (secondary N) is 3. The highest BCUT2D eigenvalue weighted by molar-refractivity contribution is 5.89. The molecule has 1 heterocycles. The number of carboxylic acids is 1. The molecule has 0 saturated heterocycles. The summed E-state index contributed by atoms with van der Waals surface area (Å²) in [5.41, 5.74) is 3.11. The third kappa shape index (κ3) is 4.34. The Labute approximate surface area is 121 Å². The van der Waals surface area contributed by atoms with Gasteiger partial charge in [0.15, 0.2) is 0 Å². The number of hydrogen-bond donors (Lipinski definition) is 4. The fraction of sp³-hybridized carbons (Fsp3) is 0.214. The van der Waals surface area contributed by atoms with Crippen LogP contribution in [0.1, 0.15) is 16.8 Å². The number of aromatic nitrogens is 2. The molecule has 0 unspecified atom stereocenters. The highest BCUT2D eigenvalue weighted by Gasteiger charge is 2.05. The van der Waals surface area contributed by atoms with E-state index in [1.807, 2.05) is 6.92 Å². The van der Waals surface area contributed by atoms with Crippen molar-refractivity contribution in [2.45, 2.75) is 19.9 Å². The Kier molecular flexibility index (Phi) is 4.55. The molecule has 0 atom stereocenters.